The summed E-state index contributed by atoms with van der Waals surface area (Å²) in [6, 6.07) is 26.9. The van der Waals surface area contributed by atoms with Crippen molar-refractivity contribution >= 4 is 10.3 Å². The van der Waals surface area contributed by atoms with E-state index in [-0.39, 0.29) is 5.41 Å². The van der Waals surface area contributed by atoms with Crippen molar-refractivity contribution in [2.24, 2.45) is 0 Å². The normalized spacial score (nSPS) is 12.4. The van der Waals surface area contributed by atoms with E-state index < -0.39 is 15.4 Å². The van der Waals surface area contributed by atoms with Gasteiger partial charge in [0.15, 0.2) is 0 Å². The Morgan fingerprint density at radius 2 is 1.15 bits per heavy atom. The van der Waals surface area contributed by atoms with Crippen molar-refractivity contribution in [1.29, 1.82) is 0 Å². The van der Waals surface area contributed by atoms with E-state index in [2.05, 4.69) is 20.8 Å². The molecule has 0 N–H and O–H groups in total. The van der Waals surface area contributed by atoms with Gasteiger partial charge in [0.1, 0.15) is 0 Å². The Morgan fingerprint density at radius 3 is 1.52 bits per heavy atom. The summed E-state index contributed by atoms with van der Waals surface area (Å²) in [4.78, 5) is 13.9. The van der Waals surface area contributed by atoms with Crippen LogP contribution in [0, 0.1) is 10.1 Å². The Kier molecular flexibility index (Phi) is 5.24. The molecule has 140 valence electrons. The monoisotopic (exact) mass is 381 g/mol. The van der Waals surface area contributed by atoms with Crippen LogP contribution in [0.1, 0.15) is 26.3 Å². The SMILES string of the molecule is CC(C)(C)c1ccc(S(O[N+](=O)[O-])(c2ccccc2)c2ccccc2)cc1. The summed E-state index contributed by atoms with van der Waals surface area (Å²) in [5.74, 6) is 0. The maximum Gasteiger partial charge on any atom is 0.305 e. The molecule has 0 aromatic heterocycles. The average Bonchev–Trinajstić information content (AvgIpc) is 2.67. The summed E-state index contributed by atoms with van der Waals surface area (Å²) in [6.07, 6.45) is 0. The molecule has 0 atom stereocenters. The minimum Gasteiger partial charge on any atom is -0.250 e. The van der Waals surface area contributed by atoms with Crippen LogP contribution in [0.25, 0.3) is 0 Å². The zero-order chi connectivity index (χ0) is 19.5. The van der Waals surface area contributed by atoms with Gasteiger partial charge in [-0.2, -0.15) is 0 Å². The molecule has 0 radical (unpaired) electrons. The molecule has 0 saturated heterocycles. The average molecular weight is 381 g/mol. The second kappa shape index (κ2) is 7.45. The van der Waals surface area contributed by atoms with Crippen molar-refractivity contribution in [1.82, 2.24) is 0 Å². The molecule has 3 rings (SSSR count). The second-order valence-electron chi connectivity index (χ2n) is 7.25. The molecule has 0 aliphatic heterocycles. The van der Waals surface area contributed by atoms with Gasteiger partial charge in [0.05, 0.1) is 0 Å². The molecule has 0 fully saturated rings. The van der Waals surface area contributed by atoms with Gasteiger partial charge in [0, 0.05) is 14.7 Å². The van der Waals surface area contributed by atoms with E-state index in [0.29, 0.717) is 0 Å². The molecule has 4 nitrogen and oxygen atoms in total. The summed E-state index contributed by atoms with van der Waals surface area (Å²) < 4.78 is 5.53. The van der Waals surface area contributed by atoms with Crippen LogP contribution in [-0.2, 0) is 9.70 Å². The third-order valence-corrected chi connectivity index (χ3v) is 7.53. The van der Waals surface area contributed by atoms with Gasteiger partial charge in [-0.15, -0.1) is 10.1 Å². The van der Waals surface area contributed by atoms with E-state index in [1.807, 2.05) is 84.9 Å². The maximum atomic E-state index is 11.6. The van der Waals surface area contributed by atoms with Gasteiger partial charge in [0.2, 0.25) is 0 Å². The molecule has 0 spiro atoms. The highest BCUT2D eigenvalue weighted by Gasteiger charge is 2.35. The van der Waals surface area contributed by atoms with Gasteiger partial charge < -0.3 is 0 Å². The number of nitrogens with zero attached hydrogens (tertiary/aromatic N) is 1. The maximum absolute atomic E-state index is 11.6. The molecule has 3 aromatic carbocycles. The van der Waals surface area contributed by atoms with E-state index in [4.69, 9.17) is 4.28 Å². The van der Waals surface area contributed by atoms with E-state index in [1.54, 1.807) is 0 Å². The van der Waals surface area contributed by atoms with Crippen LogP contribution in [0.2, 0.25) is 0 Å². The largest absolute Gasteiger partial charge is 0.305 e. The van der Waals surface area contributed by atoms with Crippen LogP contribution in [0.3, 0.4) is 0 Å². The molecule has 0 amide bonds. The Bertz CT molecular complexity index is 864. The predicted molar refractivity (Wildman–Crippen MR) is 108 cm³/mol. The molecule has 0 aliphatic carbocycles. The minimum atomic E-state index is -2.49. The van der Waals surface area contributed by atoms with Crippen LogP contribution in [0.15, 0.2) is 99.6 Å². The highest BCUT2D eigenvalue weighted by molar-refractivity contribution is 8.29. The van der Waals surface area contributed by atoms with Crippen LogP contribution in [0.4, 0.5) is 0 Å². The third-order valence-electron chi connectivity index (χ3n) is 4.38. The fraction of sp³-hybridized carbons (Fsp3) is 0.182. The van der Waals surface area contributed by atoms with Crippen molar-refractivity contribution in [3.8, 4) is 0 Å². The molecule has 0 aliphatic rings. The van der Waals surface area contributed by atoms with E-state index in [1.165, 1.54) is 5.56 Å². The van der Waals surface area contributed by atoms with Crippen molar-refractivity contribution < 1.29 is 9.37 Å². The molecule has 5 heteroatoms. The van der Waals surface area contributed by atoms with Gasteiger partial charge in [0.25, 0.3) is 0 Å². The highest BCUT2D eigenvalue weighted by atomic mass is 32.3. The van der Waals surface area contributed by atoms with Crippen LogP contribution < -0.4 is 0 Å². The number of hydrogen-bond donors (Lipinski definition) is 0. The standard InChI is InChI=1S/C22H23NO3S/c1-22(2,3)18-14-16-21(17-15-18)27(26-23(24)25,19-10-6-4-7-11-19)20-12-8-5-9-13-20/h4-17H,1-3H3. The van der Waals surface area contributed by atoms with Crippen molar-refractivity contribution in [2.45, 2.75) is 40.9 Å². The lowest BCUT2D eigenvalue weighted by atomic mass is 9.87. The lowest BCUT2D eigenvalue weighted by molar-refractivity contribution is -0.710. The number of benzene rings is 3. The molecule has 0 saturated carbocycles. The first-order valence-electron chi connectivity index (χ1n) is 8.72. The quantitative estimate of drug-likeness (QED) is 0.380. The summed E-state index contributed by atoms with van der Waals surface area (Å²) >= 11 is 0. The van der Waals surface area contributed by atoms with Crippen molar-refractivity contribution in [2.75, 3.05) is 0 Å². The fourth-order valence-electron chi connectivity index (χ4n) is 3.00. The first kappa shape index (κ1) is 19.0. The molecule has 3 aromatic rings. The smallest absolute Gasteiger partial charge is 0.250 e. The van der Waals surface area contributed by atoms with E-state index in [0.717, 1.165) is 14.7 Å². The minimum absolute atomic E-state index is 0.0000220. The summed E-state index contributed by atoms with van der Waals surface area (Å²) in [5.41, 5.74) is 1.17. The molecule has 0 unspecified atom stereocenters. The van der Waals surface area contributed by atoms with Gasteiger partial charge in [-0.25, -0.2) is 4.28 Å². The molecule has 27 heavy (non-hydrogen) atoms. The molecule has 0 bridgehead atoms. The summed E-state index contributed by atoms with van der Waals surface area (Å²) in [5, 5.41) is 10.9. The van der Waals surface area contributed by atoms with E-state index >= 15 is 0 Å². The van der Waals surface area contributed by atoms with Crippen LogP contribution >= 0.6 is 10.3 Å². The van der Waals surface area contributed by atoms with Gasteiger partial charge in [-0.05, 0) is 57.7 Å². The topological polar surface area (TPSA) is 52.4 Å². The Balaban J connectivity index is 2.27. The van der Waals surface area contributed by atoms with Crippen molar-refractivity contribution in [3.63, 3.8) is 0 Å². The first-order chi connectivity index (χ1) is 12.8. The Labute approximate surface area is 161 Å². The zero-order valence-corrected chi connectivity index (χ0v) is 16.5. The molecular formula is C22H23NO3S. The van der Waals surface area contributed by atoms with Gasteiger partial charge >= 0.3 is 5.09 Å². The molecular weight excluding hydrogens is 358 g/mol. The van der Waals surface area contributed by atoms with Crippen molar-refractivity contribution in [3.05, 3.63) is 101 Å². The highest BCUT2D eigenvalue weighted by Crippen LogP contribution is 2.69. The van der Waals surface area contributed by atoms with Crippen LogP contribution in [-0.4, -0.2) is 5.09 Å². The Hall–Kier alpha value is -2.79. The lowest BCUT2D eigenvalue weighted by Crippen LogP contribution is -2.14. The third kappa shape index (κ3) is 3.83. The summed E-state index contributed by atoms with van der Waals surface area (Å²) in [7, 11) is -2.49. The van der Waals surface area contributed by atoms with Gasteiger partial charge in [-0.1, -0.05) is 69.3 Å². The summed E-state index contributed by atoms with van der Waals surface area (Å²) in [6.45, 7) is 6.43. The Morgan fingerprint density at radius 1 is 0.741 bits per heavy atom. The lowest BCUT2D eigenvalue weighted by Gasteiger charge is -2.38. The van der Waals surface area contributed by atoms with Gasteiger partial charge in [-0.3, -0.25) is 0 Å². The fourth-order valence-corrected chi connectivity index (χ4v) is 5.86. The number of rotatable bonds is 5. The zero-order valence-electron chi connectivity index (χ0n) is 15.7. The first-order valence-corrected chi connectivity index (χ1v) is 10.3. The number of hydrogen-bond acceptors (Lipinski definition) is 3. The molecule has 0 heterocycles. The van der Waals surface area contributed by atoms with Crippen LogP contribution in [0.5, 0.6) is 0 Å². The predicted octanol–water partition coefficient (Wildman–Crippen LogP) is 6.39. The second-order valence-corrected chi connectivity index (χ2v) is 9.93. The van der Waals surface area contributed by atoms with E-state index in [9.17, 15) is 10.1 Å².